The molecule has 0 aromatic heterocycles. The first-order valence-corrected chi connectivity index (χ1v) is 21.7. The van der Waals surface area contributed by atoms with Crippen molar-refractivity contribution in [2.45, 2.75) is 206 Å². The Morgan fingerprint density at radius 3 is 1.41 bits per heavy atom. The van der Waals surface area contributed by atoms with Gasteiger partial charge in [0.2, 0.25) is 0 Å². The zero-order valence-electron chi connectivity index (χ0n) is 31.6. The molecular weight excluding hydrogens is 639 g/mol. The van der Waals surface area contributed by atoms with E-state index in [1.807, 2.05) is 0 Å². The molecule has 0 spiro atoms. The molecule has 9 heteroatoms. The van der Waals surface area contributed by atoms with Crippen LogP contribution in [0.4, 0.5) is 0 Å². The van der Waals surface area contributed by atoms with E-state index in [0.717, 1.165) is 64.2 Å². The van der Waals surface area contributed by atoms with E-state index in [-0.39, 0.29) is 19.4 Å². The van der Waals surface area contributed by atoms with E-state index in [9.17, 15) is 14.2 Å². The number of phosphoric acid groups is 1. The van der Waals surface area contributed by atoms with Crippen LogP contribution < -0.4 is 0 Å². The van der Waals surface area contributed by atoms with Crippen molar-refractivity contribution in [3.8, 4) is 0 Å². The zero-order valence-corrected chi connectivity index (χ0v) is 32.5. The van der Waals surface area contributed by atoms with Gasteiger partial charge in [-0.15, -0.1) is 0 Å². The fourth-order valence-electron chi connectivity index (χ4n) is 5.68. The van der Waals surface area contributed by atoms with Crippen LogP contribution >= 0.6 is 7.82 Å². The first-order valence-electron chi connectivity index (χ1n) is 20.1. The number of hydrogen-bond acceptors (Lipinski definition) is 6. The summed E-state index contributed by atoms with van der Waals surface area (Å²) in [5.74, 6) is -0.894. The van der Waals surface area contributed by atoms with Crippen molar-refractivity contribution in [3.05, 3.63) is 24.3 Å². The van der Waals surface area contributed by atoms with Crippen molar-refractivity contribution in [2.24, 2.45) is 0 Å². The van der Waals surface area contributed by atoms with E-state index < -0.39 is 32.5 Å². The molecule has 49 heavy (non-hydrogen) atoms. The van der Waals surface area contributed by atoms with Gasteiger partial charge in [-0.3, -0.25) is 14.1 Å². The lowest BCUT2D eigenvalue weighted by molar-refractivity contribution is -0.161. The molecule has 0 radical (unpaired) electrons. The number of phosphoric ester groups is 1. The molecule has 0 saturated carbocycles. The third-order valence-electron chi connectivity index (χ3n) is 8.72. The van der Waals surface area contributed by atoms with Crippen LogP contribution in [0.15, 0.2) is 24.3 Å². The van der Waals surface area contributed by atoms with E-state index in [4.69, 9.17) is 19.3 Å². The van der Waals surface area contributed by atoms with Crippen molar-refractivity contribution in [2.75, 3.05) is 13.2 Å². The van der Waals surface area contributed by atoms with Crippen molar-refractivity contribution >= 4 is 19.8 Å². The van der Waals surface area contributed by atoms with Crippen LogP contribution in [0.5, 0.6) is 0 Å². The number of esters is 2. The minimum atomic E-state index is -4.75. The van der Waals surface area contributed by atoms with Gasteiger partial charge in [0.05, 0.1) is 6.61 Å². The van der Waals surface area contributed by atoms with Crippen molar-refractivity contribution in [3.63, 3.8) is 0 Å². The van der Waals surface area contributed by atoms with Crippen LogP contribution in [0.25, 0.3) is 0 Å². The number of carbonyl (C=O) groups is 2. The maximum atomic E-state index is 12.4. The average Bonchev–Trinajstić information content (AvgIpc) is 3.07. The molecule has 0 aliphatic rings. The normalized spacial score (nSPS) is 12.7. The monoisotopic (exact) mass is 715 g/mol. The molecule has 0 saturated heterocycles. The van der Waals surface area contributed by atoms with Gasteiger partial charge in [-0.1, -0.05) is 173 Å². The SMILES string of the molecule is CCCC/C=C\C/C=C\CCCCCCCC(=O)O[C@H](COC(=O)CCCCCCCCCCCCCCCCCCC)COP(=O)(O)O. The summed E-state index contributed by atoms with van der Waals surface area (Å²) in [5, 5.41) is 0. The average molecular weight is 715 g/mol. The molecule has 288 valence electrons. The summed E-state index contributed by atoms with van der Waals surface area (Å²) in [5.41, 5.74) is 0. The van der Waals surface area contributed by atoms with Gasteiger partial charge in [-0.2, -0.15) is 0 Å². The number of rotatable bonds is 37. The van der Waals surface area contributed by atoms with E-state index in [2.05, 4.69) is 42.7 Å². The lowest BCUT2D eigenvalue weighted by atomic mass is 10.0. The van der Waals surface area contributed by atoms with Gasteiger partial charge in [0.15, 0.2) is 6.10 Å². The minimum absolute atomic E-state index is 0.198. The minimum Gasteiger partial charge on any atom is -0.462 e. The maximum absolute atomic E-state index is 12.4. The van der Waals surface area contributed by atoms with Crippen LogP contribution in [0.3, 0.4) is 0 Å². The molecule has 0 heterocycles. The first kappa shape index (κ1) is 47.5. The van der Waals surface area contributed by atoms with Crippen LogP contribution in [-0.2, 0) is 28.2 Å². The summed E-state index contributed by atoms with van der Waals surface area (Å²) in [6.07, 6.45) is 40.4. The highest BCUT2D eigenvalue weighted by Crippen LogP contribution is 2.36. The van der Waals surface area contributed by atoms with Crippen LogP contribution in [0.2, 0.25) is 0 Å². The molecular formula is C40H75O8P. The maximum Gasteiger partial charge on any atom is 0.469 e. The summed E-state index contributed by atoms with van der Waals surface area (Å²) in [6.45, 7) is 3.64. The highest BCUT2D eigenvalue weighted by molar-refractivity contribution is 7.46. The molecule has 2 N–H and O–H groups in total. The van der Waals surface area contributed by atoms with Crippen LogP contribution in [-0.4, -0.2) is 41.0 Å². The van der Waals surface area contributed by atoms with Gasteiger partial charge < -0.3 is 19.3 Å². The second-order valence-electron chi connectivity index (χ2n) is 13.6. The molecule has 0 unspecified atom stereocenters. The fourth-order valence-corrected chi connectivity index (χ4v) is 6.04. The highest BCUT2D eigenvalue weighted by Gasteiger charge is 2.22. The predicted molar refractivity (Wildman–Crippen MR) is 202 cm³/mol. The van der Waals surface area contributed by atoms with Gasteiger partial charge in [0, 0.05) is 12.8 Å². The van der Waals surface area contributed by atoms with E-state index in [1.54, 1.807) is 0 Å². The molecule has 0 aliphatic carbocycles. The lowest BCUT2D eigenvalue weighted by Crippen LogP contribution is -2.29. The van der Waals surface area contributed by atoms with Crippen molar-refractivity contribution in [1.82, 2.24) is 0 Å². The van der Waals surface area contributed by atoms with Gasteiger partial charge in [-0.25, -0.2) is 4.57 Å². The lowest BCUT2D eigenvalue weighted by Gasteiger charge is -2.18. The van der Waals surface area contributed by atoms with Gasteiger partial charge >= 0.3 is 19.8 Å². The van der Waals surface area contributed by atoms with Crippen LogP contribution in [0, 0.1) is 0 Å². The Balaban J connectivity index is 3.92. The van der Waals surface area contributed by atoms with E-state index >= 15 is 0 Å². The molecule has 0 amide bonds. The molecule has 0 aliphatic heterocycles. The fraction of sp³-hybridized carbons (Fsp3) is 0.850. The topological polar surface area (TPSA) is 119 Å². The smallest absolute Gasteiger partial charge is 0.462 e. The Bertz CT molecular complexity index is 853. The number of hydrogen-bond donors (Lipinski definition) is 2. The molecule has 0 aromatic rings. The number of ether oxygens (including phenoxy) is 2. The Hall–Kier alpha value is -1.47. The van der Waals surface area contributed by atoms with E-state index in [0.29, 0.717) is 6.42 Å². The molecule has 1 atom stereocenters. The summed E-state index contributed by atoms with van der Waals surface area (Å²) in [7, 11) is -4.75. The Labute approximate surface area is 300 Å². The van der Waals surface area contributed by atoms with Crippen molar-refractivity contribution in [1.29, 1.82) is 0 Å². The Morgan fingerprint density at radius 2 is 0.939 bits per heavy atom. The third-order valence-corrected chi connectivity index (χ3v) is 9.21. The van der Waals surface area contributed by atoms with Crippen LogP contribution in [0.1, 0.15) is 200 Å². The van der Waals surface area contributed by atoms with Crippen molar-refractivity contribution < 1.29 is 37.9 Å². The molecule has 0 bridgehead atoms. The van der Waals surface area contributed by atoms with Gasteiger partial charge in [0.1, 0.15) is 6.61 Å². The number of allylic oxidation sites excluding steroid dienone is 4. The first-order chi connectivity index (χ1) is 23.8. The Morgan fingerprint density at radius 1 is 0.531 bits per heavy atom. The second-order valence-corrected chi connectivity index (χ2v) is 14.9. The quantitative estimate of drug-likeness (QED) is 0.0282. The predicted octanol–water partition coefficient (Wildman–Crippen LogP) is 12.0. The molecule has 0 fully saturated rings. The van der Waals surface area contributed by atoms with Gasteiger partial charge in [0.25, 0.3) is 0 Å². The summed E-state index contributed by atoms with van der Waals surface area (Å²) in [6, 6.07) is 0. The zero-order chi connectivity index (χ0) is 36.1. The highest BCUT2D eigenvalue weighted by atomic mass is 31.2. The number of carbonyl (C=O) groups excluding carboxylic acids is 2. The molecule has 8 nitrogen and oxygen atoms in total. The standard InChI is InChI=1S/C40H75O8P/c1-3-5-7-9-11-13-15-17-19-20-21-23-24-26-28-30-32-34-39(41)46-36-38(37-47-49(43,44)45)48-40(42)35-33-31-29-27-25-22-18-16-14-12-10-8-6-4-2/h10,12,16,18,38H,3-9,11,13-15,17,19-37H2,1-2H3,(H2,43,44,45)/b12-10-,18-16-/t38-/m1/s1. The second kappa shape index (κ2) is 36.3. The summed E-state index contributed by atoms with van der Waals surface area (Å²) in [4.78, 5) is 42.8. The molecule has 0 aromatic carbocycles. The molecule has 0 rings (SSSR count). The summed E-state index contributed by atoms with van der Waals surface area (Å²) >= 11 is 0. The largest absolute Gasteiger partial charge is 0.469 e. The van der Waals surface area contributed by atoms with Gasteiger partial charge in [-0.05, 0) is 38.5 Å². The van der Waals surface area contributed by atoms with E-state index in [1.165, 1.54) is 103 Å². The summed E-state index contributed by atoms with van der Waals surface area (Å²) < 4.78 is 26.3. The Kier molecular flexibility index (Phi) is 35.2. The third kappa shape index (κ3) is 39.2. The number of unbranched alkanes of at least 4 members (excludes halogenated alkanes) is 23.